The maximum absolute atomic E-state index is 5.97. The Balaban J connectivity index is 2.11. The van der Waals surface area contributed by atoms with Crippen LogP contribution in [0.25, 0.3) is 11.4 Å². The van der Waals surface area contributed by atoms with Gasteiger partial charge in [-0.15, -0.1) is 0 Å². The molecule has 0 radical (unpaired) electrons. The van der Waals surface area contributed by atoms with Crippen LogP contribution in [0.3, 0.4) is 0 Å². The molecule has 0 atom stereocenters. The van der Waals surface area contributed by atoms with Gasteiger partial charge in [-0.2, -0.15) is 0 Å². The normalized spacial score (nSPS) is 14.3. The van der Waals surface area contributed by atoms with Gasteiger partial charge in [-0.3, -0.25) is 0 Å². The third-order valence-corrected chi connectivity index (χ3v) is 3.43. The van der Waals surface area contributed by atoms with E-state index in [1.54, 1.807) is 0 Å². The molecule has 3 rings (SSSR count). The minimum absolute atomic E-state index is 0.514. The Morgan fingerprint density at radius 2 is 2.17 bits per heavy atom. The van der Waals surface area contributed by atoms with Crippen molar-refractivity contribution in [1.29, 1.82) is 0 Å². The lowest BCUT2D eigenvalue weighted by atomic mass is 10.1. The van der Waals surface area contributed by atoms with E-state index in [4.69, 9.17) is 10.5 Å². The molecule has 0 unspecified atom stereocenters. The molecule has 0 aliphatic carbocycles. The first kappa shape index (κ1) is 11.6. The van der Waals surface area contributed by atoms with Gasteiger partial charge in [0.25, 0.3) is 0 Å². The zero-order chi connectivity index (χ0) is 12.5. The number of rotatable bonds is 1. The molecular weight excluding hydrogens is 294 g/mol. The molecule has 92 valence electrons. The fourth-order valence-electron chi connectivity index (χ4n) is 2.01. The molecule has 1 aromatic heterocycles. The van der Waals surface area contributed by atoms with E-state index < -0.39 is 0 Å². The number of ether oxygens (including phenoxy) is 1. The van der Waals surface area contributed by atoms with E-state index in [9.17, 15) is 0 Å². The summed E-state index contributed by atoms with van der Waals surface area (Å²) in [7, 11) is 0. The minimum Gasteiger partial charge on any atom is -0.383 e. The summed E-state index contributed by atoms with van der Waals surface area (Å²) >= 11 is 3.45. The van der Waals surface area contributed by atoms with Crippen LogP contribution in [0.5, 0.6) is 0 Å². The first-order valence-electron chi connectivity index (χ1n) is 5.73. The average molecular weight is 306 g/mol. The topological polar surface area (TPSA) is 61.0 Å². The third-order valence-electron chi connectivity index (χ3n) is 2.94. The smallest absolute Gasteiger partial charge is 0.161 e. The number of hydrogen-bond acceptors (Lipinski definition) is 4. The van der Waals surface area contributed by atoms with E-state index in [0.717, 1.165) is 27.7 Å². The van der Waals surface area contributed by atoms with Gasteiger partial charge in [-0.1, -0.05) is 28.1 Å². The van der Waals surface area contributed by atoms with Crippen molar-refractivity contribution in [2.75, 3.05) is 12.3 Å². The molecule has 5 heteroatoms. The molecule has 0 amide bonds. The Kier molecular flexibility index (Phi) is 3.01. The molecule has 2 aromatic rings. The van der Waals surface area contributed by atoms with E-state index in [1.165, 1.54) is 0 Å². The van der Waals surface area contributed by atoms with Crippen molar-refractivity contribution in [2.45, 2.75) is 13.0 Å². The van der Waals surface area contributed by atoms with Crippen molar-refractivity contribution in [2.24, 2.45) is 0 Å². The molecule has 0 bridgehead atoms. The van der Waals surface area contributed by atoms with Crippen molar-refractivity contribution in [3.63, 3.8) is 0 Å². The monoisotopic (exact) mass is 305 g/mol. The molecule has 0 fully saturated rings. The highest BCUT2D eigenvalue weighted by atomic mass is 79.9. The van der Waals surface area contributed by atoms with Gasteiger partial charge in [0, 0.05) is 22.0 Å². The van der Waals surface area contributed by atoms with Crippen molar-refractivity contribution in [3.8, 4) is 11.4 Å². The molecule has 1 aliphatic rings. The lowest BCUT2D eigenvalue weighted by molar-refractivity contribution is 0.109. The van der Waals surface area contributed by atoms with Crippen LogP contribution in [-0.4, -0.2) is 16.6 Å². The predicted octanol–water partition coefficient (Wildman–Crippen LogP) is 2.56. The number of nitrogen functional groups attached to an aromatic ring is 1. The van der Waals surface area contributed by atoms with Crippen LogP contribution >= 0.6 is 15.9 Å². The van der Waals surface area contributed by atoms with Crippen LogP contribution in [-0.2, 0) is 17.8 Å². The van der Waals surface area contributed by atoms with Crippen molar-refractivity contribution in [3.05, 3.63) is 40.0 Å². The summed E-state index contributed by atoms with van der Waals surface area (Å²) in [5.41, 5.74) is 8.87. The standard InChI is InChI=1S/C13H12BrN3O/c14-9-3-1-2-8(6-9)13-16-11-4-5-18-7-10(11)12(15)17-13/h1-3,6H,4-5,7H2,(H2,15,16,17). The zero-order valence-corrected chi connectivity index (χ0v) is 11.3. The van der Waals surface area contributed by atoms with E-state index in [0.29, 0.717) is 24.9 Å². The minimum atomic E-state index is 0.514. The SMILES string of the molecule is Nc1nc(-c2cccc(Br)c2)nc2c1COCC2. The molecule has 4 nitrogen and oxygen atoms in total. The Morgan fingerprint density at radius 3 is 3.00 bits per heavy atom. The van der Waals surface area contributed by atoms with Crippen molar-refractivity contribution in [1.82, 2.24) is 9.97 Å². The average Bonchev–Trinajstić information content (AvgIpc) is 2.39. The van der Waals surface area contributed by atoms with Crippen molar-refractivity contribution >= 4 is 21.7 Å². The molecule has 1 aliphatic heterocycles. The highest BCUT2D eigenvalue weighted by Crippen LogP contribution is 2.25. The molecule has 1 aromatic carbocycles. The summed E-state index contributed by atoms with van der Waals surface area (Å²) in [5, 5.41) is 0. The fourth-order valence-corrected chi connectivity index (χ4v) is 2.41. The van der Waals surface area contributed by atoms with Crippen LogP contribution in [0.1, 0.15) is 11.3 Å². The van der Waals surface area contributed by atoms with Crippen LogP contribution < -0.4 is 5.73 Å². The number of nitrogens with two attached hydrogens (primary N) is 1. The van der Waals surface area contributed by atoms with Gasteiger partial charge in [-0.25, -0.2) is 9.97 Å². The summed E-state index contributed by atoms with van der Waals surface area (Å²) in [6.07, 6.45) is 0.795. The molecule has 2 N–H and O–H groups in total. The number of hydrogen-bond donors (Lipinski definition) is 1. The number of benzene rings is 1. The fraction of sp³-hybridized carbons (Fsp3) is 0.231. The van der Waals surface area contributed by atoms with Gasteiger partial charge in [-0.05, 0) is 12.1 Å². The van der Waals surface area contributed by atoms with Gasteiger partial charge in [0.05, 0.1) is 18.9 Å². The number of anilines is 1. The largest absolute Gasteiger partial charge is 0.383 e. The van der Waals surface area contributed by atoms with Crippen LogP contribution in [0.4, 0.5) is 5.82 Å². The predicted molar refractivity (Wildman–Crippen MR) is 72.9 cm³/mol. The Morgan fingerprint density at radius 1 is 1.28 bits per heavy atom. The first-order valence-corrected chi connectivity index (χ1v) is 6.52. The summed E-state index contributed by atoms with van der Waals surface area (Å²) < 4.78 is 6.38. The second kappa shape index (κ2) is 4.66. The Bertz CT molecular complexity index is 601. The second-order valence-electron chi connectivity index (χ2n) is 4.17. The Hall–Kier alpha value is -1.46. The highest BCUT2D eigenvalue weighted by Gasteiger charge is 2.17. The van der Waals surface area contributed by atoms with Gasteiger partial charge in [0.2, 0.25) is 0 Å². The highest BCUT2D eigenvalue weighted by molar-refractivity contribution is 9.10. The van der Waals surface area contributed by atoms with E-state index in [1.807, 2.05) is 24.3 Å². The maximum Gasteiger partial charge on any atom is 0.161 e. The lowest BCUT2D eigenvalue weighted by Crippen LogP contribution is -2.16. The van der Waals surface area contributed by atoms with Crippen LogP contribution in [0.2, 0.25) is 0 Å². The number of nitrogens with zero attached hydrogens (tertiary/aromatic N) is 2. The van der Waals surface area contributed by atoms with Gasteiger partial charge < -0.3 is 10.5 Å². The number of halogens is 1. The summed E-state index contributed by atoms with van der Waals surface area (Å²) in [6.45, 7) is 1.21. The molecule has 0 saturated carbocycles. The van der Waals surface area contributed by atoms with Crippen LogP contribution in [0.15, 0.2) is 28.7 Å². The zero-order valence-electron chi connectivity index (χ0n) is 9.69. The first-order chi connectivity index (χ1) is 8.74. The molecule has 18 heavy (non-hydrogen) atoms. The van der Waals surface area contributed by atoms with E-state index >= 15 is 0 Å². The lowest BCUT2D eigenvalue weighted by Gasteiger charge is -2.17. The van der Waals surface area contributed by atoms with Gasteiger partial charge >= 0.3 is 0 Å². The molecule has 0 saturated heterocycles. The quantitative estimate of drug-likeness (QED) is 0.879. The van der Waals surface area contributed by atoms with E-state index in [2.05, 4.69) is 25.9 Å². The summed E-state index contributed by atoms with van der Waals surface area (Å²) in [5.74, 6) is 1.20. The van der Waals surface area contributed by atoms with Crippen molar-refractivity contribution < 1.29 is 4.74 Å². The Labute approximate surface area is 113 Å². The van der Waals surface area contributed by atoms with Crippen LogP contribution in [0, 0.1) is 0 Å². The number of fused-ring (bicyclic) bond motifs is 1. The number of aromatic nitrogens is 2. The van der Waals surface area contributed by atoms with E-state index in [-0.39, 0.29) is 0 Å². The molecule has 0 spiro atoms. The second-order valence-corrected chi connectivity index (χ2v) is 5.09. The molecule has 2 heterocycles. The van der Waals surface area contributed by atoms with Gasteiger partial charge in [0.1, 0.15) is 5.82 Å². The maximum atomic E-state index is 5.97. The third kappa shape index (κ3) is 2.11. The van der Waals surface area contributed by atoms with Gasteiger partial charge in [0.15, 0.2) is 5.82 Å². The molecular formula is C13H12BrN3O. The summed E-state index contributed by atoms with van der Waals surface area (Å²) in [4.78, 5) is 8.96. The summed E-state index contributed by atoms with van der Waals surface area (Å²) in [6, 6.07) is 7.90.